The summed E-state index contributed by atoms with van der Waals surface area (Å²) >= 11 is 0. The van der Waals surface area contributed by atoms with Gasteiger partial charge < -0.3 is 0 Å². The van der Waals surface area contributed by atoms with E-state index in [0.717, 1.165) is 11.4 Å². The van der Waals surface area contributed by atoms with Crippen molar-refractivity contribution in [3.05, 3.63) is 46.4 Å². The Kier molecular flexibility index (Phi) is 3.55. The van der Waals surface area contributed by atoms with Crippen molar-refractivity contribution < 1.29 is 4.58 Å². The highest BCUT2D eigenvalue weighted by Gasteiger charge is 2.18. The summed E-state index contributed by atoms with van der Waals surface area (Å²) in [6.45, 7) is 1.92. The van der Waals surface area contributed by atoms with Crippen LogP contribution in [0, 0.1) is 6.92 Å². The molecule has 0 aliphatic carbocycles. The SMILES string of the molecule is Cc1c(NC=[N+](C)C)c(=O)n(-c2ccccc2)n1C. The maximum Gasteiger partial charge on any atom is 0.318 e. The van der Waals surface area contributed by atoms with E-state index in [1.165, 1.54) is 0 Å². The molecule has 1 N–H and O–H groups in total. The molecule has 0 saturated carbocycles. The second-order valence-electron chi connectivity index (χ2n) is 4.67. The maximum atomic E-state index is 12.5. The molecular weight excluding hydrogens is 240 g/mol. The van der Waals surface area contributed by atoms with Crippen LogP contribution in [-0.2, 0) is 7.05 Å². The average molecular weight is 259 g/mol. The first-order chi connectivity index (χ1) is 9.02. The summed E-state index contributed by atoms with van der Waals surface area (Å²) in [4.78, 5) is 12.5. The average Bonchev–Trinajstić information content (AvgIpc) is 2.59. The van der Waals surface area contributed by atoms with Gasteiger partial charge in [0.15, 0.2) is 0 Å². The van der Waals surface area contributed by atoms with Gasteiger partial charge >= 0.3 is 5.56 Å². The fourth-order valence-electron chi connectivity index (χ4n) is 1.93. The molecule has 1 aromatic heterocycles. The minimum atomic E-state index is -0.0516. The van der Waals surface area contributed by atoms with Gasteiger partial charge in [-0.3, -0.25) is 14.1 Å². The monoisotopic (exact) mass is 259 g/mol. The zero-order chi connectivity index (χ0) is 14.0. The summed E-state index contributed by atoms with van der Waals surface area (Å²) in [5, 5.41) is 3.06. The van der Waals surface area contributed by atoms with Gasteiger partial charge in [-0.1, -0.05) is 18.2 Å². The van der Waals surface area contributed by atoms with Crippen LogP contribution in [0.1, 0.15) is 5.69 Å². The lowest BCUT2D eigenvalue weighted by Gasteiger charge is -2.06. The van der Waals surface area contributed by atoms with E-state index in [1.54, 1.807) is 11.0 Å². The summed E-state index contributed by atoms with van der Waals surface area (Å²) in [7, 11) is 5.69. The molecule has 100 valence electrons. The van der Waals surface area contributed by atoms with E-state index in [2.05, 4.69) is 5.32 Å². The van der Waals surface area contributed by atoms with Crippen LogP contribution in [0.2, 0.25) is 0 Å². The summed E-state index contributed by atoms with van der Waals surface area (Å²) < 4.78 is 5.36. The lowest BCUT2D eigenvalue weighted by Crippen LogP contribution is -2.21. The number of nitrogens with zero attached hydrogens (tertiary/aromatic N) is 3. The zero-order valence-electron chi connectivity index (χ0n) is 11.7. The lowest BCUT2D eigenvalue weighted by atomic mass is 10.3. The van der Waals surface area contributed by atoms with E-state index in [1.807, 2.05) is 67.7 Å². The molecule has 0 atom stereocenters. The molecule has 19 heavy (non-hydrogen) atoms. The number of rotatable bonds is 3. The van der Waals surface area contributed by atoms with Gasteiger partial charge in [-0.25, -0.2) is 10.00 Å². The number of para-hydroxylation sites is 1. The van der Waals surface area contributed by atoms with E-state index in [9.17, 15) is 4.79 Å². The topological polar surface area (TPSA) is 42.0 Å². The van der Waals surface area contributed by atoms with Crippen molar-refractivity contribution in [1.29, 1.82) is 0 Å². The third kappa shape index (κ3) is 2.45. The predicted octanol–water partition coefficient (Wildman–Crippen LogP) is 1.20. The zero-order valence-corrected chi connectivity index (χ0v) is 11.7. The Bertz CT molecular complexity index is 661. The molecular formula is C14H19N4O+. The highest BCUT2D eigenvalue weighted by molar-refractivity contribution is 5.73. The summed E-state index contributed by atoms with van der Waals surface area (Å²) in [5.41, 5.74) is 2.30. The van der Waals surface area contributed by atoms with Gasteiger partial charge in [0.1, 0.15) is 0 Å². The minimum absolute atomic E-state index is 0.0516. The van der Waals surface area contributed by atoms with E-state index in [-0.39, 0.29) is 5.56 Å². The second-order valence-corrected chi connectivity index (χ2v) is 4.67. The van der Waals surface area contributed by atoms with Gasteiger partial charge in [0.2, 0.25) is 12.0 Å². The first-order valence-corrected chi connectivity index (χ1v) is 6.12. The van der Waals surface area contributed by atoms with Gasteiger partial charge in [0.05, 0.1) is 25.5 Å². The first kappa shape index (κ1) is 13.1. The standard InChI is InChI=1S/C14H18N4O/c1-11-13(15-10-16(2)3)14(19)18(17(11)4)12-8-6-5-7-9-12/h5-10H,1-4H3/p+1. The Labute approximate surface area is 112 Å². The molecule has 5 heteroatoms. The highest BCUT2D eigenvalue weighted by atomic mass is 16.1. The van der Waals surface area contributed by atoms with Crippen LogP contribution < -0.4 is 10.9 Å². The van der Waals surface area contributed by atoms with E-state index in [0.29, 0.717) is 5.69 Å². The minimum Gasteiger partial charge on any atom is -0.281 e. The van der Waals surface area contributed by atoms with Crippen LogP contribution in [0.3, 0.4) is 0 Å². The quantitative estimate of drug-likeness (QED) is 0.511. The Morgan fingerprint density at radius 3 is 2.42 bits per heavy atom. The van der Waals surface area contributed by atoms with Gasteiger partial charge in [-0.05, 0) is 19.1 Å². The first-order valence-electron chi connectivity index (χ1n) is 6.12. The van der Waals surface area contributed by atoms with Crippen LogP contribution in [0.5, 0.6) is 0 Å². The van der Waals surface area contributed by atoms with Gasteiger partial charge in [-0.2, -0.15) is 0 Å². The molecule has 1 heterocycles. The fourth-order valence-corrected chi connectivity index (χ4v) is 1.93. The van der Waals surface area contributed by atoms with Gasteiger partial charge in [0.25, 0.3) is 0 Å². The van der Waals surface area contributed by atoms with Crippen LogP contribution in [0.4, 0.5) is 5.69 Å². The number of nitrogens with one attached hydrogen (secondary N) is 1. The van der Waals surface area contributed by atoms with E-state index in [4.69, 9.17) is 0 Å². The third-order valence-corrected chi connectivity index (χ3v) is 3.02. The van der Waals surface area contributed by atoms with Crippen LogP contribution in [-0.4, -0.2) is 34.4 Å². The number of aromatic nitrogens is 2. The van der Waals surface area contributed by atoms with Crippen molar-refractivity contribution in [2.45, 2.75) is 6.92 Å². The molecule has 0 saturated heterocycles. The van der Waals surface area contributed by atoms with Crippen molar-refractivity contribution >= 4 is 12.0 Å². The molecule has 1 aromatic carbocycles. The van der Waals surface area contributed by atoms with Crippen molar-refractivity contribution in [3.8, 4) is 5.69 Å². The number of benzene rings is 1. The number of hydrogen-bond acceptors (Lipinski definition) is 1. The van der Waals surface area contributed by atoms with E-state index >= 15 is 0 Å². The molecule has 5 nitrogen and oxygen atoms in total. The van der Waals surface area contributed by atoms with Gasteiger partial charge in [0, 0.05) is 7.05 Å². The number of anilines is 1. The molecule has 0 aliphatic rings. The normalized spacial score (nSPS) is 10.3. The molecule has 2 aromatic rings. The molecule has 0 spiro atoms. The van der Waals surface area contributed by atoms with Crippen LogP contribution in [0.25, 0.3) is 5.69 Å². The Hall–Kier alpha value is -2.30. The smallest absolute Gasteiger partial charge is 0.281 e. The van der Waals surface area contributed by atoms with Crippen molar-refractivity contribution in [1.82, 2.24) is 9.36 Å². The molecule has 0 bridgehead atoms. The molecule has 0 unspecified atom stereocenters. The van der Waals surface area contributed by atoms with E-state index < -0.39 is 0 Å². The molecule has 0 aliphatic heterocycles. The van der Waals surface area contributed by atoms with Crippen molar-refractivity contribution in [2.75, 3.05) is 19.4 Å². The molecule has 0 fully saturated rings. The Morgan fingerprint density at radius 2 is 1.84 bits per heavy atom. The van der Waals surface area contributed by atoms with Crippen molar-refractivity contribution in [3.63, 3.8) is 0 Å². The molecule has 2 rings (SSSR count). The molecule has 0 amide bonds. The highest BCUT2D eigenvalue weighted by Crippen LogP contribution is 2.12. The van der Waals surface area contributed by atoms with Crippen molar-refractivity contribution in [2.24, 2.45) is 7.05 Å². The van der Waals surface area contributed by atoms with Crippen LogP contribution in [0.15, 0.2) is 35.1 Å². The Balaban J connectivity index is 2.57. The largest absolute Gasteiger partial charge is 0.318 e. The third-order valence-electron chi connectivity index (χ3n) is 3.02. The molecule has 0 radical (unpaired) electrons. The predicted molar refractivity (Wildman–Crippen MR) is 77.5 cm³/mol. The summed E-state index contributed by atoms with van der Waals surface area (Å²) in [5.74, 6) is 0. The fraction of sp³-hybridized carbons (Fsp3) is 0.286. The summed E-state index contributed by atoms with van der Waals surface area (Å²) in [6, 6.07) is 9.61. The van der Waals surface area contributed by atoms with Crippen LogP contribution >= 0.6 is 0 Å². The van der Waals surface area contributed by atoms with Gasteiger partial charge in [-0.15, -0.1) is 0 Å². The number of hydrogen-bond donors (Lipinski definition) is 1. The lowest BCUT2D eigenvalue weighted by molar-refractivity contribution is -0.459. The summed E-state index contributed by atoms with van der Waals surface area (Å²) in [6.07, 6.45) is 1.76. The second kappa shape index (κ2) is 5.14. The Morgan fingerprint density at radius 1 is 1.21 bits per heavy atom. The maximum absolute atomic E-state index is 12.5.